The van der Waals surface area contributed by atoms with Crippen molar-refractivity contribution >= 4 is 16.8 Å². The van der Waals surface area contributed by atoms with Gasteiger partial charge in [-0.25, -0.2) is 4.39 Å². The molecule has 0 amide bonds. The summed E-state index contributed by atoms with van der Waals surface area (Å²) in [5, 5.41) is 0.592. The maximum absolute atomic E-state index is 13.5. The Kier molecular flexibility index (Phi) is 3.22. The van der Waals surface area contributed by atoms with Crippen LogP contribution in [0.4, 0.5) is 4.39 Å². The SMILES string of the molecule is CCC(C)(CN)C(=O)c1cc2cccc(F)c2o1. The van der Waals surface area contributed by atoms with E-state index in [-0.39, 0.29) is 23.7 Å². The Labute approximate surface area is 105 Å². The maximum atomic E-state index is 13.5. The molecule has 2 N–H and O–H groups in total. The highest BCUT2D eigenvalue weighted by molar-refractivity contribution is 6.01. The second kappa shape index (κ2) is 4.53. The molecule has 1 atom stereocenters. The first-order chi connectivity index (χ1) is 8.51. The molecule has 0 saturated heterocycles. The minimum absolute atomic E-state index is 0.122. The first-order valence-corrected chi connectivity index (χ1v) is 5.95. The summed E-state index contributed by atoms with van der Waals surface area (Å²) in [6, 6.07) is 6.18. The van der Waals surface area contributed by atoms with E-state index < -0.39 is 11.2 Å². The molecule has 0 aliphatic carbocycles. The Morgan fingerprint density at radius 2 is 2.22 bits per heavy atom. The third-order valence-electron chi connectivity index (χ3n) is 3.50. The zero-order chi connectivity index (χ0) is 13.3. The standard InChI is InChI=1S/C14H16FNO2/c1-3-14(2,8-16)13(17)11-7-9-5-4-6-10(15)12(9)18-11/h4-7H,3,8,16H2,1-2H3. The van der Waals surface area contributed by atoms with E-state index in [1.807, 2.05) is 6.92 Å². The van der Waals surface area contributed by atoms with Crippen LogP contribution in [0.5, 0.6) is 0 Å². The average Bonchev–Trinajstić information content (AvgIpc) is 2.82. The van der Waals surface area contributed by atoms with E-state index in [4.69, 9.17) is 10.2 Å². The summed E-state index contributed by atoms with van der Waals surface area (Å²) in [5.41, 5.74) is 5.10. The number of carbonyl (C=O) groups is 1. The van der Waals surface area contributed by atoms with E-state index in [0.717, 1.165) is 0 Å². The third kappa shape index (κ3) is 1.93. The average molecular weight is 249 g/mol. The van der Waals surface area contributed by atoms with E-state index in [0.29, 0.717) is 11.8 Å². The van der Waals surface area contributed by atoms with Gasteiger partial charge in [-0.1, -0.05) is 26.0 Å². The van der Waals surface area contributed by atoms with Crippen molar-refractivity contribution in [3.63, 3.8) is 0 Å². The van der Waals surface area contributed by atoms with Gasteiger partial charge in [-0.3, -0.25) is 4.79 Å². The van der Waals surface area contributed by atoms with Crippen LogP contribution >= 0.6 is 0 Å². The molecule has 0 saturated carbocycles. The number of carbonyl (C=O) groups excluding carboxylic acids is 1. The number of fused-ring (bicyclic) bond motifs is 1. The van der Waals surface area contributed by atoms with Gasteiger partial charge in [0.25, 0.3) is 0 Å². The van der Waals surface area contributed by atoms with Crippen molar-refractivity contribution in [3.05, 3.63) is 35.8 Å². The van der Waals surface area contributed by atoms with Gasteiger partial charge in [0, 0.05) is 17.3 Å². The maximum Gasteiger partial charge on any atom is 0.205 e. The van der Waals surface area contributed by atoms with Crippen LogP contribution in [0.15, 0.2) is 28.7 Å². The lowest BCUT2D eigenvalue weighted by molar-refractivity contribution is 0.0792. The predicted octanol–water partition coefficient (Wildman–Crippen LogP) is 3.13. The molecule has 96 valence electrons. The minimum Gasteiger partial charge on any atom is -0.450 e. The zero-order valence-corrected chi connectivity index (χ0v) is 10.5. The van der Waals surface area contributed by atoms with Crippen LogP contribution in [0.3, 0.4) is 0 Å². The lowest BCUT2D eigenvalue weighted by Crippen LogP contribution is -2.35. The topological polar surface area (TPSA) is 56.2 Å². The highest BCUT2D eigenvalue weighted by Crippen LogP contribution is 2.29. The largest absolute Gasteiger partial charge is 0.450 e. The fourth-order valence-corrected chi connectivity index (χ4v) is 1.83. The Morgan fingerprint density at radius 3 is 2.78 bits per heavy atom. The van der Waals surface area contributed by atoms with Crippen molar-refractivity contribution in [1.29, 1.82) is 0 Å². The molecule has 18 heavy (non-hydrogen) atoms. The van der Waals surface area contributed by atoms with Crippen molar-refractivity contribution in [2.24, 2.45) is 11.1 Å². The van der Waals surface area contributed by atoms with Crippen molar-refractivity contribution in [2.75, 3.05) is 6.54 Å². The molecule has 1 aromatic carbocycles. The van der Waals surface area contributed by atoms with Crippen LogP contribution in [0.1, 0.15) is 30.8 Å². The fourth-order valence-electron chi connectivity index (χ4n) is 1.83. The molecule has 1 unspecified atom stereocenters. The van der Waals surface area contributed by atoms with Gasteiger partial charge >= 0.3 is 0 Å². The second-order valence-corrected chi connectivity index (χ2v) is 4.72. The van der Waals surface area contributed by atoms with Gasteiger partial charge in [-0.05, 0) is 18.6 Å². The number of ketones is 1. The van der Waals surface area contributed by atoms with Crippen LogP contribution in [0.25, 0.3) is 11.0 Å². The van der Waals surface area contributed by atoms with Gasteiger partial charge < -0.3 is 10.2 Å². The summed E-state index contributed by atoms with van der Waals surface area (Å²) in [6.07, 6.45) is 0.613. The van der Waals surface area contributed by atoms with Crippen LogP contribution in [-0.4, -0.2) is 12.3 Å². The normalized spacial score (nSPS) is 14.7. The number of rotatable bonds is 4. The van der Waals surface area contributed by atoms with Crippen LogP contribution in [0.2, 0.25) is 0 Å². The lowest BCUT2D eigenvalue weighted by atomic mass is 9.82. The number of Topliss-reactive ketones (excluding diaryl/α,β-unsaturated/α-hetero) is 1. The number of furan rings is 1. The summed E-state index contributed by atoms with van der Waals surface area (Å²) in [5.74, 6) is -0.467. The van der Waals surface area contributed by atoms with E-state index in [1.54, 1.807) is 25.1 Å². The predicted molar refractivity (Wildman–Crippen MR) is 68.0 cm³/mol. The Morgan fingerprint density at radius 1 is 1.50 bits per heavy atom. The summed E-state index contributed by atoms with van der Waals surface area (Å²) in [6.45, 7) is 3.93. The summed E-state index contributed by atoms with van der Waals surface area (Å²) in [4.78, 5) is 12.3. The van der Waals surface area contributed by atoms with Gasteiger partial charge in [0.1, 0.15) is 0 Å². The Balaban J connectivity index is 2.49. The number of hydrogen-bond acceptors (Lipinski definition) is 3. The number of para-hydroxylation sites is 1. The van der Waals surface area contributed by atoms with Gasteiger partial charge in [-0.15, -0.1) is 0 Å². The molecule has 0 aliphatic rings. The molecule has 1 aromatic heterocycles. The molecular weight excluding hydrogens is 233 g/mol. The van der Waals surface area contributed by atoms with E-state index >= 15 is 0 Å². The van der Waals surface area contributed by atoms with E-state index in [1.165, 1.54) is 6.07 Å². The summed E-state index contributed by atoms with van der Waals surface area (Å²) >= 11 is 0. The lowest BCUT2D eigenvalue weighted by Gasteiger charge is -2.22. The number of hydrogen-bond donors (Lipinski definition) is 1. The first kappa shape index (κ1) is 12.8. The summed E-state index contributed by atoms with van der Waals surface area (Å²) in [7, 11) is 0. The Hall–Kier alpha value is -1.68. The van der Waals surface area contributed by atoms with Crippen molar-refractivity contribution < 1.29 is 13.6 Å². The van der Waals surface area contributed by atoms with E-state index in [2.05, 4.69) is 0 Å². The van der Waals surface area contributed by atoms with Crippen LogP contribution in [0, 0.1) is 11.2 Å². The molecule has 4 heteroatoms. The van der Waals surface area contributed by atoms with Gasteiger partial charge in [-0.2, -0.15) is 0 Å². The van der Waals surface area contributed by atoms with Crippen LogP contribution < -0.4 is 5.73 Å². The quantitative estimate of drug-likeness (QED) is 0.847. The first-order valence-electron chi connectivity index (χ1n) is 5.95. The smallest absolute Gasteiger partial charge is 0.205 e. The third-order valence-corrected chi connectivity index (χ3v) is 3.50. The van der Waals surface area contributed by atoms with E-state index in [9.17, 15) is 9.18 Å². The zero-order valence-electron chi connectivity index (χ0n) is 10.5. The molecular formula is C14H16FNO2. The second-order valence-electron chi connectivity index (χ2n) is 4.72. The molecule has 2 rings (SSSR count). The molecule has 1 heterocycles. The molecule has 2 aromatic rings. The molecule has 0 radical (unpaired) electrons. The molecule has 0 bridgehead atoms. The number of benzene rings is 1. The Bertz CT molecular complexity index is 584. The fraction of sp³-hybridized carbons (Fsp3) is 0.357. The monoisotopic (exact) mass is 249 g/mol. The molecule has 0 fully saturated rings. The van der Waals surface area contributed by atoms with Crippen molar-refractivity contribution in [2.45, 2.75) is 20.3 Å². The molecule has 0 spiro atoms. The highest BCUT2D eigenvalue weighted by atomic mass is 19.1. The van der Waals surface area contributed by atoms with Crippen molar-refractivity contribution in [1.82, 2.24) is 0 Å². The minimum atomic E-state index is -0.662. The molecule has 3 nitrogen and oxygen atoms in total. The van der Waals surface area contributed by atoms with Crippen LogP contribution in [-0.2, 0) is 0 Å². The molecule has 0 aliphatic heterocycles. The number of halogens is 1. The highest BCUT2D eigenvalue weighted by Gasteiger charge is 2.33. The van der Waals surface area contributed by atoms with Crippen molar-refractivity contribution in [3.8, 4) is 0 Å². The van der Waals surface area contributed by atoms with Gasteiger partial charge in [0.2, 0.25) is 5.78 Å². The number of nitrogens with two attached hydrogens (primary N) is 1. The van der Waals surface area contributed by atoms with Gasteiger partial charge in [0.05, 0.1) is 0 Å². The summed E-state index contributed by atoms with van der Waals surface area (Å²) < 4.78 is 18.8. The van der Waals surface area contributed by atoms with Gasteiger partial charge in [0.15, 0.2) is 17.2 Å².